The second-order valence-electron chi connectivity index (χ2n) is 6.97. The summed E-state index contributed by atoms with van der Waals surface area (Å²) in [5.74, 6) is 1.40. The van der Waals surface area contributed by atoms with E-state index in [1.165, 1.54) is 0 Å². The predicted octanol–water partition coefficient (Wildman–Crippen LogP) is 5.19. The standard InChI is InChI=1S/C24H27NO3/c1-5-22(20-11-13-23(27-4)16(2)14-20)25-24(26)17(3)28-21-12-10-18-8-6-7-9-19(18)15-21/h6-15,17,22H,5H2,1-4H3,(H,25,26)/t17-,22-/m1/s1. The number of benzene rings is 3. The predicted molar refractivity (Wildman–Crippen MR) is 113 cm³/mol. The van der Waals surface area contributed by atoms with Gasteiger partial charge in [-0.05, 0) is 60.4 Å². The lowest BCUT2D eigenvalue weighted by molar-refractivity contribution is -0.128. The van der Waals surface area contributed by atoms with Crippen molar-refractivity contribution in [1.29, 1.82) is 0 Å². The molecule has 4 nitrogen and oxygen atoms in total. The molecule has 4 heteroatoms. The van der Waals surface area contributed by atoms with Crippen LogP contribution < -0.4 is 14.8 Å². The molecule has 0 bridgehead atoms. The highest BCUT2D eigenvalue weighted by molar-refractivity contribution is 5.84. The molecular weight excluding hydrogens is 350 g/mol. The van der Waals surface area contributed by atoms with E-state index in [0.29, 0.717) is 5.75 Å². The van der Waals surface area contributed by atoms with Gasteiger partial charge in [-0.3, -0.25) is 4.79 Å². The summed E-state index contributed by atoms with van der Waals surface area (Å²) in [5.41, 5.74) is 2.11. The SMILES string of the molecule is CC[C@@H](NC(=O)[C@@H](C)Oc1ccc2ccccc2c1)c1ccc(OC)c(C)c1. The molecule has 0 unspecified atom stereocenters. The maximum absolute atomic E-state index is 12.7. The van der Waals surface area contributed by atoms with Crippen LogP contribution in [-0.4, -0.2) is 19.1 Å². The van der Waals surface area contributed by atoms with Crippen LogP contribution >= 0.6 is 0 Å². The highest BCUT2D eigenvalue weighted by atomic mass is 16.5. The van der Waals surface area contributed by atoms with Crippen LogP contribution in [0.4, 0.5) is 0 Å². The number of amides is 1. The molecule has 0 aliphatic rings. The lowest BCUT2D eigenvalue weighted by Crippen LogP contribution is -2.38. The summed E-state index contributed by atoms with van der Waals surface area (Å²) in [5, 5.41) is 5.34. The minimum atomic E-state index is -0.588. The van der Waals surface area contributed by atoms with Crippen molar-refractivity contribution < 1.29 is 14.3 Å². The van der Waals surface area contributed by atoms with Gasteiger partial charge in [0.1, 0.15) is 11.5 Å². The number of carbonyl (C=O) groups is 1. The number of methoxy groups -OCH3 is 1. The third kappa shape index (κ3) is 4.45. The van der Waals surface area contributed by atoms with Crippen molar-refractivity contribution in [2.24, 2.45) is 0 Å². The van der Waals surface area contributed by atoms with Crippen LogP contribution in [0.5, 0.6) is 11.5 Å². The van der Waals surface area contributed by atoms with Gasteiger partial charge in [0.15, 0.2) is 6.10 Å². The summed E-state index contributed by atoms with van der Waals surface area (Å²) in [7, 11) is 1.66. The van der Waals surface area contributed by atoms with E-state index in [-0.39, 0.29) is 11.9 Å². The van der Waals surface area contributed by atoms with Crippen molar-refractivity contribution in [3.05, 3.63) is 71.8 Å². The van der Waals surface area contributed by atoms with Crippen LogP contribution in [0.25, 0.3) is 10.8 Å². The molecule has 0 saturated carbocycles. The van der Waals surface area contributed by atoms with Crippen molar-refractivity contribution in [1.82, 2.24) is 5.32 Å². The number of nitrogens with one attached hydrogen (secondary N) is 1. The summed E-state index contributed by atoms with van der Waals surface area (Å²) in [6.45, 7) is 5.83. The van der Waals surface area contributed by atoms with E-state index in [1.807, 2.05) is 55.5 Å². The Kier molecular flexibility index (Phi) is 6.19. The van der Waals surface area contributed by atoms with Crippen molar-refractivity contribution >= 4 is 16.7 Å². The molecule has 3 aromatic carbocycles. The topological polar surface area (TPSA) is 47.6 Å². The van der Waals surface area contributed by atoms with Crippen molar-refractivity contribution in [3.63, 3.8) is 0 Å². The Labute approximate surface area is 166 Å². The quantitative estimate of drug-likeness (QED) is 0.616. The van der Waals surface area contributed by atoms with Gasteiger partial charge in [-0.25, -0.2) is 0 Å². The summed E-state index contributed by atoms with van der Waals surface area (Å²) in [6, 6.07) is 19.9. The zero-order valence-electron chi connectivity index (χ0n) is 16.9. The number of hydrogen-bond donors (Lipinski definition) is 1. The number of ether oxygens (including phenoxy) is 2. The van der Waals surface area contributed by atoms with Gasteiger partial charge in [0.2, 0.25) is 0 Å². The third-order valence-electron chi connectivity index (χ3n) is 4.95. The number of fused-ring (bicyclic) bond motifs is 1. The lowest BCUT2D eigenvalue weighted by Gasteiger charge is -2.22. The third-order valence-corrected chi connectivity index (χ3v) is 4.95. The molecule has 3 aromatic rings. The van der Waals surface area contributed by atoms with E-state index >= 15 is 0 Å². The fourth-order valence-electron chi connectivity index (χ4n) is 3.33. The van der Waals surface area contributed by atoms with Gasteiger partial charge >= 0.3 is 0 Å². The Morgan fingerprint density at radius 1 is 1.04 bits per heavy atom. The molecule has 0 aromatic heterocycles. The van der Waals surface area contributed by atoms with E-state index < -0.39 is 6.10 Å². The van der Waals surface area contributed by atoms with Crippen molar-refractivity contribution in [2.45, 2.75) is 39.3 Å². The average molecular weight is 377 g/mol. The van der Waals surface area contributed by atoms with E-state index in [9.17, 15) is 4.79 Å². The molecule has 0 spiro atoms. The Morgan fingerprint density at radius 2 is 1.79 bits per heavy atom. The molecule has 0 fully saturated rings. The molecule has 2 atom stereocenters. The summed E-state index contributed by atoms with van der Waals surface area (Å²) in [6.07, 6.45) is 0.203. The monoisotopic (exact) mass is 377 g/mol. The second kappa shape index (κ2) is 8.79. The zero-order valence-corrected chi connectivity index (χ0v) is 16.9. The molecule has 1 N–H and O–H groups in total. The summed E-state index contributed by atoms with van der Waals surface area (Å²) >= 11 is 0. The smallest absolute Gasteiger partial charge is 0.261 e. The molecular formula is C24H27NO3. The molecule has 28 heavy (non-hydrogen) atoms. The zero-order chi connectivity index (χ0) is 20.1. The van der Waals surface area contributed by atoms with E-state index in [2.05, 4.69) is 24.4 Å². The minimum absolute atomic E-state index is 0.0697. The molecule has 1 amide bonds. The van der Waals surface area contributed by atoms with Gasteiger partial charge in [-0.2, -0.15) is 0 Å². The fraction of sp³-hybridized carbons (Fsp3) is 0.292. The Hall–Kier alpha value is -3.01. The first kappa shape index (κ1) is 19.7. The highest BCUT2D eigenvalue weighted by Crippen LogP contribution is 2.25. The number of aryl methyl sites for hydroxylation is 1. The van der Waals surface area contributed by atoms with Gasteiger partial charge in [0.05, 0.1) is 13.2 Å². The summed E-state index contributed by atoms with van der Waals surface area (Å²) < 4.78 is 11.2. The molecule has 0 aliphatic heterocycles. The van der Waals surface area contributed by atoms with Crippen LogP contribution in [0.3, 0.4) is 0 Å². The molecule has 146 valence electrons. The maximum Gasteiger partial charge on any atom is 0.261 e. The molecule has 0 aliphatic carbocycles. The first-order valence-electron chi connectivity index (χ1n) is 9.62. The Balaban J connectivity index is 1.68. The van der Waals surface area contributed by atoms with Gasteiger partial charge < -0.3 is 14.8 Å². The van der Waals surface area contributed by atoms with Crippen molar-refractivity contribution in [2.75, 3.05) is 7.11 Å². The van der Waals surface area contributed by atoms with Gasteiger partial charge in [0.25, 0.3) is 5.91 Å². The van der Waals surface area contributed by atoms with Crippen molar-refractivity contribution in [3.8, 4) is 11.5 Å². The summed E-state index contributed by atoms with van der Waals surface area (Å²) in [4.78, 5) is 12.7. The van der Waals surface area contributed by atoms with Gasteiger partial charge in [-0.1, -0.05) is 49.4 Å². The lowest BCUT2D eigenvalue weighted by atomic mass is 10.0. The molecule has 0 heterocycles. The maximum atomic E-state index is 12.7. The second-order valence-corrected chi connectivity index (χ2v) is 6.97. The number of carbonyl (C=O) groups excluding carboxylic acids is 1. The van der Waals surface area contributed by atoms with Crippen LogP contribution in [-0.2, 0) is 4.79 Å². The van der Waals surface area contributed by atoms with Crippen LogP contribution in [0.1, 0.15) is 37.4 Å². The molecule has 0 radical (unpaired) electrons. The highest BCUT2D eigenvalue weighted by Gasteiger charge is 2.20. The van der Waals surface area contributed by atoms with E-state index in [4.69, 9.17) is 9.47 Å². The number of rotatable bonds is 7. The van der Waals surface area contributed by atoms with E-state index in [1.54, 1.807) is 14.0 Å². The largest absolute Gasteiger partial charge is 0.496 e. The first-order valence-corrected chi connectivity index (χ1v) is 9.62. The molecule has 0 saturated heterocycles. The van der Waals surface area contributed by atoms with Crippen LogP contribution in [0, 0.1) is 6.92 Å². The first-order chi connectivity index (χ1) is 13.5. The van der Waals surface area contributed by atoms with E-state index in [0.717, 1.165) is 34.1 Å². The molecule has 3 rings (SSSR count). The fourth-order valence-corrected chi connectivity index (χ4v) is 3.33. The average Bonchev–Trinajstić information content (AvgIpc) is 2.71. The Bertz CT molecular complexity index is 967. The van der Waals surface area contributed by atoms with Gasteiger partial charge in [-0.15, -0.1) is 0 Å². The number of hydrogen-bond acceptors (Lipinski definition) is 3. The Morgan fingerprint density at radius 3 is 2.46 bits per heavy atom. The van der Waals surface area contributed by atoms with Gasteiger partial charge in [0, 0.05) is 0 Å². The minimum Gasteiger partial charge on any atom is -0.496 e. The normalized spacial score (nSPS) is 13.0. The van der Waals surface area contributed by atoms with Crippen LogP contribution in [0.15, 0.2) is 60.7 Å². The van der Waals surface area contributed by atoms with Crippen LogP contribution in [0.2, 0.25) is 0 Å².